The topological polar surface area (TPSA) is 62.5 Å². The molecule has 136 valence electrons. The van der Waals surface area contributed by atoms with Crippen LogP contribution in [0, 0.1) is 5.92 Å². The lowest BCUT2D eigenvalue weighted by Crippen LogP contribution is -2.40. The first-order valence-electron chi connectivity index (χ1n) is 9.39. The molecule has 0 aliphatic carbocycles. The molecule has 1 aliphatic heterocycles. The van der Waals surface area contributed by atoms with E-state index < -0.39 is 0 Å². The van der Waals surface area contributed by atoms with E-state index in [2.05, 4.69) is 41.0 Å². The van der Waals surface area contributed by atoms with E-state index in [0.29, 0.717) is 24.2 Å². The zero-order valence-corrected chi connectivity index (χ0v) is 15.5. The zero-order valence-electron chi connectivity index (χ0n) is 15.5. The molecule has 1 fully saturated rings. The Morgan fingerprint density at radius 3 is 2.76 bits per heavy atom. The number of hydrogen-bond acceptors (Lipinski definition) is 4. The van der Waals surface area contributed by atoms with Crippen molar-refractivity contribution in [1.82, 2.24) is 24.6 Å². The molecule has 0 bridgehead atoms. The van der Waals surface area contributed by atoms with Crippen molar-refractivity contribution in [2.75, 3.05) is 13.1 Å². The Balaban J connectivity index is 1.55. The summed E-state index contributed by atoms with van der Waals surface area (Å²) in [5.41, 5.74) is 0.879. The lowest BCUT2D eigenvalue weighted by Gasteiger charge is -2.34. The van der Waals surface area contributed by atoms with Gasteiger partial charge in [-0.1, -0.05) is 6.92 Å². The van der Waals surface area contributed by atoms with Crippen molar-refractivity contribution in [3.8, 4) is 0 Å². The number of carbonyl (C=O) groups is 1. The number of carbonyl (C=O) groups excluding carboxylic acids is 1. The third-order valence-electron chi connectivity index (χ3n) is 5.21. The molecule has 3 rings (SSSR count). The summed E-state index contributed by atoms with van der Waals surface area (Å²) in [5, 5.41) is 3.17. The first-order chi connectivity index (χ1) is 12.1. The highest BCUT2D eigenvalue weighted by Crippen LogP contribution is 2.23. The van der Waals surface area contributed by atoms with Gasteiger partial charge in [0, 0.05) is 31.1 Å². The molecule has 1 N–H and O–H groups in total. The number of rotatable bonds is 6. The number of hydrogen-bond donors (Lipinski definition) is 1. The van der Waals surface area contributed by atoms with Crippen LogP contribution in [0.25, 0.3) is 5.78 Å². The number of aromatic nitrogens is 3. The van der Waals surface area contributed by atoms with Gasteiger partial charge in [-0.2, -0.15) is 0 Å². The van der Waals surface area contributed by atoms with Gasteiger partial charge in [0.05, 0.1) is 11.7 Å². The van der Waals surface area contributed by atoms with E-state index in [1.807, 2.05) is 22.9 Å². The quantitative estimate of drug-likeness (QED) is 0.876. The zero-order chi connectivity index (χ0) is 17.8. The molecule has 1 aliphatic rings. The van der Waals surface area contributed by atoms with Gasteiger partial charge in [-0.05, 0) is 58.2 Å². The maximum atomic E-state index is 12.5. The van der Waals surface area contributed by atoms with Crippen molar-refractivity contribution in [2.24, 2.45) is 5.92 Å². The molecule has 25 heavy (non-hydrogen) atoms. The average Bonchev–Trinajstić information content (AvgIpc) is 3.04. The second kappa shape index (κ2) is 7.95. The number of fused-ring (bicyclic) bond motifs is 1. The van der Waals surface area contributed by atoms with Crippen LogP contribution in [0.3, 0.4) is 0 Å². The number of imidazole rings is 1. The van der Waals surface area contributed by atoms with Gasteiger partial charge in [-0.25, -0.2) is 9.97 Å². The molecule has 1 saturated heterocycles. The van der Waals surface area contributed by atoms with Crippen LogP contribution in [0.2, 0.25) is 0 Å². The molecule has 6 heteroatoms. The third kappa shape index (κ3) is 4.37. The molecule has 0 saturated carbocycles. The summed E-state index contributed by atoms with van der Waals surface area (Å²) in [6.45, 7) is 8.75. The van der Waals surface area contributed by atoms with E-state index in [4.69, 9.17) is 0 Å². The number of likely N-dealkylation sites (tertiary alicyclic amines) is 1. The fraction of sp³-hybridized carbons (Fsp3) is 0.632. The first kappa shape index (κ1) is 17.9. The average molecular weight is 343 g/mol. The highest BCUT2D eigenvalue weighted by atomic mass is 16.1. The van der Waals surface area contributed by atoms with E-state index in [1.165, 1.54) is 0 Å². The first-order valence-corrected chi connectivity index (χ1v) is 9.39. The summed E-state index contributed by atoms with van der Waals surface area (Å²) in [5.74, 6) is 1.31. The van der Waals surface area contributed by atoms with Gasteiger partial charge in [0.15, 0.2) is 0 Å². The Morgan fingerprint density at radius 1 is 1.36 bits per heavy atom. The predicted octanol–water partition coefficient (Wildman–Crippen LogP) is 2.81. The van der Waals surface area contributed by atoms with Gasteiger partial charge in [0.1, 0.15) is 0 Å². The van der Waals surface area contributed by atoms with E-state index in [9.17, 15) is 4.79 Å². The van der Waals surface area contributed by atoms with Gasteiger partial charge >= 0.3 is 0 Å². The summed E-state index contributed by atoms with van der Waals surface area (Å²) in [7, 11) is 0. The Kier molecular flexibility index (Phi) is 5.68. The van der Waals surface area contributed by atoms with Gasteiger partial charge in [-0.3, -0.25) is 9.20 Å². The smallest absolute Gasteiger partial charge is 0.233 e. The van der Waals surface area contributed by atoms with Crippen LogP contribution in [0.4, 0.5) is 0 Å². The predicted molar refractivity (Wildman–Crippen MR) is 98.2 cm³/mol. The van der Waals surface area contributed by atoms with E-state index in [1.54, 1.807) is 6.20 Å². The van der Waals surface area contributed by atoms with Crippen LogP contribution in [0.15, 0.2) is 24.7 Å². The molecule has 2 aromatic heterocycles. The Morgan fingerprint density at radius 2 is 2.12 bits per heavy atom. The lowest BCUT2D eigenvalue weighted by atomic mass is 9.92. The summed E-state index contributed by atoms with van der Waals surface area (Å²) in [6.07, 6.45) is 9.28. The molecule has 2 aromatic rings. The molecule has 0 aromatic carbocycles. The molecular formula is C19H29N5O. The number of nitrogens with zero attached hydrogens (tertiary/aromatic N) is 4. The van der Waals surface area contributed by atoms with Crippen LogP contribution in [-0.2, 0) is 4.79 Å². The minimum atomic E-state index is -0.0510. The number of amides is 1. The standard InChI is InChI=1S/C19H29N5O/c1-4-16(17-13-24-9-5-8-20-19(24)22-17)21-18(25)12-15-6-10-23(11-7-15)14(2)3/h5,8-9,13-16H,4,6-7,10-12H2,1-3H3,(H,21,25)/t16-/m1/s1. The monoisotopic (exact) mass is 343 g/mol. The SMILES string of the molecule is CC[C@@H](NC(=O)CC1CCN(C(C)C)CC1)c1cn2cccnc2n1. The van der Waals surface area contributed by atoms with Crippen LogP contribution < -0.4 is 5.32 Å². The molecule has 6 nitrogen and oxygen atoms in total. The van der Waals surface area contributed by atoms with Gasteiger partial charge < -0.3 is 10.2 Å². The Labute approximate surface area is 149 Å². The van der Waals surface area contributed by atoms with Crippen molar-refractivity contribution in [1.29, 1.82) is 0 Å². The molecule has 1 atom stereocenters. The molecular weight excluding hydrogens is 314 g/mol. The molecule has 0 unspecified atom stereocenters. The normalized spacial score (nSPS) is 17.9. The van der Waals surface area contributed by atoms with Crippen molar-refractivity contribution in [2.45, 2.75) is 58.5 Å². The number of nitrogens with one attached hydrogen (secondary N) is 1. The maximum absolute atomic E-state index is 12.5. The van der Waals surface area contributed by atoms with Crippen molar-refractivity contribution >= 4 is 11.7 Å². The third-order valence-corrected chi connectivity index (χ3v) is 5.21. The second-order valence-electron chi connectivity index (χ2n) is 7.30. The number of piperidine rings is 1. The summed E-state index contributed by atoms with van der Waals surface area (Å²) >= 11 is 0. The largest absolute Gasteiger partial charge is 0.348 e. The van der Waals surface area contributed by atoms with Crippen molar-refractivity contribution in [3.63, 3.8) is 0 Å². The van der Waals surface area contributed by atoms with E-state index >= 15 is 0 Å². The van der Waals surface area contributed by atoms with Crippen LogP contribution in [0.1, 0.15) is 58.2 Å². The van der Waals surface area contributed by atoms with Crippen LogP contribution in [0.5, 0.6) is 0 Å². The highest BCUT2D eigenvalue weighted by Gasteiger charge is 2.24. The van der Waals surface area contributed by atoms with Crippen LogP contribution >= 0.6 is 0 Å². The van der Waals surface area contributed by atoms with Gasteiger partial charge in [-0.15, -0.1) is 0 Å². The summed E-state index contributed by atoms with van der Waals surface area (Å²) in [6, 6.07) is 2.43. The molecule has 0 spiro atoms. The Bertz CT molecular complexity index is 670. The Hall–Kier alpha value is -1.95. The molecule has 3 heterocycles. The van der Waals surface area contributed by atoms with Crippen molar-refractivity contribution < 1.29 is 4.79 Å². The molecule has 1 amide bonds. The summed E-state index contributed by atoms with van der Waals surface area (Å²) < 4.78 is 1.89. The fourth-order valence-corrected chi connectivity index (χ4v) is 3.59. The van der Waals surface area contributed by atoms with Gasteiger partial charge in [0.25, 0.3) is 0 Å². The fourth-order valence-electron chi connectivity index (χ4n) is 3.59. The maximum Gasteiger partial charge on any atom is 0.233 e. The van der Waals surface area contributed by atoms with Gasteiger partial charge in [0.2, 0.25) is 11.7 Å². The van der Waals surface area contributed by atoms with Crippen LogP contribution in [-0.4, -0.2) is 44.3 Å². The van der Waals surface area contributed by atoms with E-state index in [-0.39, 0.29) is 11.9 Å². The molecule has 0 radical (unpaired) electrons. The minimum absolute atomic E-state index is 0.0510. The second-order valence-corrected chi connectivity index (χ2v) is 7.30. The summed E-state index contributed by atoms with van der Waals surface area (Å²) in [4.78, 5) is 23.8. The lowest BCUT2D eigenvalue weighted by molar-refractivity contribution is -0.123. The van der Waals surface area contributed by atoms with E-state index in [0.717, 1.165) is 38.0 Å². The minimum Gasteiger partial charge on any atom is -0.348 e. The highest BCUT2D eigenvalue weighted by molar-refractivity contribution is 5.76. The van der Waals surface area contributed by atoms with Crippen molar-refractivity contribution in [3.05, 3.63) is 30.4 Å².